The monoisotopic (exact) mass is 358 g/mol. The normalized spacial score (nSPS) is 20.8. The van der Waals surface area contributed by atoms with Gasteiger partial charge in [0, 0.05) is 12.7 Å². The maximum Gasteiger partial charge on any atom is 0.237 e. The van der Waals surface area contributed by atoms with Crippen LogP contribution in [0, 0.1) is 17.8 Å². The number of amides is 1. The van der Waals surface area contributed by atoms with E-state index in [4.69, 9.17) is 11.5 Å². The Morgan fingerprint density at radius 1 is 1.04 bits per heavy atom. The Bertz CT molecular complexity index is 544. The predicted octanol–water partition coefficient (Wildman–Crippen LogP) is 3.38. The van der Waals surface area contributed by atoms with E-state index in [-0.39, 0.29) is 5.91 Å². The number of anilines is 1. The van der Waals surface area contributed by atoms with Crippen LogP contribution in [0.5, 0.6) is 0 Å². The average molecular weight is 359 g/mol. The molecule has 0 spiro atoms. The Kier molecular flexibility index (Phi) is 6.89. The molecule has 0 unspecified atom stereocenters. The van der Waals surface area contributed by atoms with Crippen molar-refractivity contribution in [1.82, 2.24) is 10.3 Å². The van der Waals surface area contributed by atoms with E-state index in [1.54, 1.807) is 12.3 Å². The summed E-state index contributed by atoms with van der Waals surface area (Å²) in [4.78, 5) is 16.9. The van der Waals surface area contributed by atoms with E-state index in [9.17, 15) is 4.79 Å². The van der Waals surface area contributed by atoms with Crippen molar-refractivity contribution >= 4 is 11.7 Å². The molecule has 2 aliphatic carbocycles. The maximum atomic E-state index is 12.8. The second-order valence-electron chi connectivity index (χ2n) is 8.21. The molecule has 1 aromatic rings. The molecule has 5 heteroatoms. The van der Waals surface area contributed by atoms with Crippen LogP contribution < -0.4 is 16.8 Å². The van der Waals surface area contributed by atoms with E-state index in [0.29, 0.717) is 30.1 Å². The summed E-state index contributed by atoms with van der Waals surface area (Å²) < 4.78 is 0. The number of carbonyl (C=O) groups excluding carboxylic acids is 1. The fraction of sp³-hybridized carbons (Fsp3) is 0.714. The minimum absolute atomic E-state index is 0.0111. The Morgan fingerprint density at radius 3 is 2.12 bits per heavy atom. The maximum absolute atomic E-state index is 12.8. The van der Waals surface area contributed by atoms with Gasteiger partial charge < -0.3 is 16.8 Å². The van der Waals surface area contributed by atoms with E-state index in [0.717, 1.165) is 5.56 Å². The Labute approximate surface area is 157 Å². The van der Waals surface area contributed by atoms with Gasteiger partial charge in [-0.25, -0.2) is 4.98 Å². The summed E-state index contributed by atoms with van der Waals surface area (Å²) in [5.74, 6) is 2.05. The standard InChI is InChI=1S/C21H34N4O/c22-18-12-11-15(13-24-18)14-25-21(26)20(23)19(16-7-3-1-4-8-16)17-9-5-2-6-10-17/h11-13,16-17,19-20H,1-10,14,23H2,(H2,22,24)(H,25,26)/t20-/m1/s1. The van der Waals surface area contributed by atoms with E-state index < -0.39 is 6.04 Å². The van der Waals surface area contributed by atoms with Crippen LogP contribution in [0.3, 0.4) is 0 Å². The molecule has 0 radical (unpaired) electrons. The van der Waals surface area contributed by atoms with Gasteiger partial charge in [0.1, 0.15) is 5.82 Å². The van der Waals surface area contributed by atoms with Gasteiger partial charge in [-0.05, 0) is 29.4 Å². The lowest BCUT2D eigenvalue weighted by Gasteiger charge is -2.40. The molecule has 2 fully saturated rings. The number of aromatic nitrogens is 1. The van der Waals surface area contributed by atoms with Crippen LogP contribution in [0.25, 0.3) is 0 Å². The van der Waals surface area contributed by atoms with Crippen LogP contribution in [0.4, 0.5) is 5.82 Å². The number of nitrogens with one attached hydrogen (secondary N) is 1. The van der Waals surface area contributed by atoms with E-state index in [1.165, 1.54) is 64.2 Å². The topological polar surface area (TPSA) is 94.0 Å². The van der Waals surface area contributed by atoms with Crippen LogP contribution in [-0.2, 0) is 11.3 Å². The molecule has 1 heterocycles. The molecule has 26 heavy (non-hydrogen) atoms. The highest BCUT2D eigenvalue weighted by atomic mass is 16.2. The molecule has 0 aromatic carbocycles. The Balaban J connectivity index is 1.63. The van der Waals surface area contributed by atoms with Crippen molar-refractivity contribution in [3.63, 3.8) is 0 Å². The van der Waals surface area contributed by atoms with Crippen molar-refractivity contribution in [2.45, 2.75) is 76.8 Å². The van der Waals surface area contributed by atoms with Gasteiger partial charge in [0.2, 0.25) is 5.91 Å². The van der Waals surface area contributed by atoms with Crippen molar-refractivity contribution in [2.75, 3.05) is 5.73 Å². The summed E-state index contributed by atoms with van der Waals surface area (Å²) in [5.41, 5.74) is 13.1. The van der Waals surface area contributed by atoms with E-state index in [1.807, 2.05) is 6.07 Å². The number of pyridine rings is 1. The van der Waals surface area contributed by atoms with Crippen molar-refractivity contribution in [2.24, 2.45) is 23.5 Å². The molecule has 1 amide bonds. The number of nitrogens with zero attached hydrogens (tertiary/aromatic N) is 1. The summed E-state index contributed by atoms with van der Waals surface area (Å²) in [5, 5.41) is 3.03. The Morgan fingerprint density at radius 2 is 1.62 bits per heavy atom. The van der Waals surface area contributed by atoms with Gasteiger partial charge >= 0.3 is 0 Å². The van der Waals surface area contributed by atoms with E-state index in [2.05, 4.69) is 10.3 Å². The first-order chi connectivity index (χ1) is 12.6. The molecule has 5 nitrogen and oxygen atoms in total. The highest BCUT2D eigenvalue weighted by Crippen LogP contribution is 2.41. The number of carbonyl (C=O) groups is 1. The van der Waals surface area contributed by atoms with Crippen LogP contribution in [0.15, 0.2) is 18.3 Å². The number of hydrogen-bond acceptors (Lipinski definition) is 4. The van der Waals surface area contributed by atoms with Gasteiger partial charge in [-0.1, -0.05) is 70.3 Å². The summed E-state index contributed by atoms with van der Waals surface area (Å²) in [6, 6.07) is 3.25. The number of nitrogen functional groups attached to an aromatic ring is 1. The third-order valence-electron chi connectivity index (χ3n) is 6.42. The van der Waals surface area contributed by atoms with Crippen molar-refractivity contribution in [3.05, 3.63) is 23.9 Å². The van der Waals surface area contributed by atoms with Crippen LogP contribution in [-0.4, -0.2) is 16.9 Å². The van der Waals surface area contributed by atoms with Crippen molar-refractivity contribution < 1.29 is 4.79 Å². The summed E-state index contributed by atoms with van der Waals surface area (Å²) in [7, 11) is 0. The predicted molar refractivity (Wildman–Crippen MR) is 105 cm³/mol. The number of hydrogen-bond donors (Lipinski definition) is 3. The number of rotatable bonds is 6. The second kappa shape index (κ2) is 9.36. The molecule has 3 rings (SSSR count). The molecule has 2 aliphatic rings. The number of nitrogens with two attached hydrogens (primary N) is 2. The molecule has 1 atom stereocenters. The van der Waals surface area contributed by atoms with Crippen molar-refractivity contribution in [1.29, 1.82) is 0 Å². The minimum Gasteiger partial charge on any atom is -0.384 e. The van der Waals surface area contributed by atoms with Crippen molar-refractivity contribution in [3.8, 4) is 0 Å². The lowest BCUT2D eigenvalue weighted by molar-refractivity contribution is -0.125. The fourth-order valence-electron chi connectivity index (χ4n) is 5.03. The van der Waals surface area contributed by atoms with Gasteiger partial charge in [0.15, 0.2) is 0 Å². The molecule has 5 N–H and O–H groups in total. The molecular formula is C21H34N4O. The van der Waals surface area contributed by atoms with Gasteiger partial charge in [0.25, 0.3) is 0 Å². The molecule has 0 saturated heterocycles. The smallest absolute Gasteiger partial charge is 0.237 e. The van der Waals surface area contributed by atoms with Crippen LogP contribution in [0.1, 0.15) is 69.8 Å². The quantitative estimate of drug-likeness (QED) is 0.726. The van der Waals surface area contributed by atoms with Gasteiger partial charge in [-0.3, -0.25) is 4.79 Å². The molecular weight excluding hydrogens is 324 g/mol. The first-order valence-corrected chi connectivity index (χ1v) is 10.4. The van der Waals surface area contributed by atoms with Crippen LogP contribution >= 0.6 is 0 Å². The SMILES string of the molecule is Nc1ccc(CNC(=O)[C@H](N)C(C2CCCCC2)C2CCCCC2)cn1. The average Bonchev–Trinajstić information content (AvgIpc) is 2.69. The summed E-state index contributed by atoms with van der Waals surface area (Å²) >= 11 is 0. The minimum atomic E-state index is -0.400. The summed E-state index contributed by atoms with van der Waals surface area (Å²) in [6.45, 7) is 0.460. The lowest BCUT2D eigenvalue weighted by Crippen LogP contribution is -2.50. The largest absolute Gasteiger partial charge is 0.384 e. The third kappa shape index (κ3) is 4.97. The second-order valence-corrected chi connectivity index (χ2v) is 8.21. The van der Waals surface area contributed by atoms with Gasteiger partial charge in [-0.15, -0.1) is 0 Å². The zero-order chi connectivity index (χ0) is 18.4. The molecule has 0 bridgehead atoms. The van der Waals surface area contributed by atoms with Gasteiger partial charge in [-0.2, -0.15) is 0 Å². The highest BCUT2D eigenvalue weighted by Gasteiger charge is 2.38. The summed E-state index contributed by atoms with van der Waals surface area (Å²) in [6.07, 6.45) is 14.5. The molecule has 2 saturated carbocycles. The molecule has 1 aromatic heterocycles. The first kappa shape index (κ1) is 19.2. The zero-order valence-electron chi connectivity index (χ0n) is 15.8. The molecule has 0 aliphatic heterocycles. The van der Waals surface area contributed by atoms with Crippen LogP contribution in [0.2, 0.25) is 0 Å². The fourth-order valence-corrected chi connectivity index (χ4v) is 5.03. The molecule has 144 valence electrons. The van der Waals surface area contributed by atoms with E-state index >= 15 is 0 Å². The van der Waals surface area contributed by atoms with Gasteiger partial charge in [0.05, 0.1) is 6.04 Å². The Hall–Kier alpha value is -1.62. The highest BCUT2D eigenvalue weighted by molar-refractivity contribution is 5.81. The zero-order valence-corrected chi connectivity index (χ0v) is 15.8. The first-order valence-electron chi connectivity index (χ1n) is 10.4. The third-order valence-corrected chi connectivity index (χ3v) is 6.42. The lowest BCUT2D eigenvalue weighted by atomic mass is 9.66.